The van der Waals surface area contributed by atoms with Gasteiger partial charge in [-0.15, -0.1) is 0 Å². The van der Waals surface area contributed by atoms with Gasteiger partial charge in [0.25, 0.3) is 0 Å². The number of benzene rings is 1. The van der Waals surface area contributed by atoms with E-state index in [-0.39, 0.29) is 26.2 Å². The summed E-state index contributed by atoms with van der Waals surface area (Å²) in [5, 5.41) is 2.63. The molecule has 1 aliphatic heterocycles. The van der Waals surface area contributed by atoms with E-state index in [9.17, 15) is 14.5 Å². The van der Waals surface area contributed by atoms with Gasteiger partial charge in [-0.25, -0.2) is 0 Å². The van der Waals surface area contributed by atoms with Gasteiger partial charge in [-0.3, -0.25) is 0 Å². The van der Waals surface area contributed by atoms with E-state index in [0.29, 0.717) is 19.6 Å². The minimum atomic E-state index is -3.95. The van der Waals surface area contributed by atoms with Crippen molar-refractivity contribution in [1.82, 2.24) is 5.32 Å². The van der Waals surface area contributed by atoms with Crippen LogP contribution in [-0.2, 0) is 39.2 Å². The average molecular weight is 445 g/mol. The molecule has 0 unspecified atom stereocenters. The van der Waals surface area contributed by atoms with Gasteiger partial charge in [-0.1, -0.05) is 0 Å². The summed E-state index contributed by atoms with van der Waals surface area (Å²) in [7, 11) is -2.67. The van der Waals surface area contributed by atoms with Gasteiger partial charge in [-0.05, 0) is 0 Å². The topological polar surface area (TPSA) is 113 Å². The first-order valence-electron chi connectivity index (χ1n) is 9.90. The van der Waals surface area contributed by atoms with E-state index in [1.807, 2.05) is 30.3 Å². The predicted molar refractivity (Wildman–Crippen MR) is 111 cm³/mol. The van der Waals surface area contributed by atoms with E-state index in [0.717, 1.165) is 5.56 Å². The summed E-state index contributed by atoms with van der Waals surface area (Å²) in [6.45, 7) is 4.93. The molecule has 30 heavy (non-hydrogen) atoms. The molecule has 10 heteroatoms. The number of carbonyl (C=O) groups is 2. The Balaban J connectivity index is 1.74. The molecule has 1 heterocycles. The van der Waals surface area contributed by atoms with Gasteiger partial charge < -0.3 is 0 Å². The van der Waals surface area contributed by atoms with Gasteiger partial charge in [0.15, 0.2) is 0 Å². The van der Waals surface area contributed by atoms with Crippen LogP contribution in [0.4, 0.5) is 0 Å². The molecule has 1 aromatic rings. The number of carbonyl (C=O) groups excluding carboxylic acids is 2. The molecule has 170 valence electrons. The fourth-order valence-electron chi connectivity index (χ4n) is 2.79. The van der Waals surface area contributed by atoms with Gasteiger partial charge in [-0.2, -0.15) is 0 Å². The van der Waals surface area contributed by atoms with Crippen molar-refractivity contribution in [3.8, 4) is 0 Å². The molecule has 0 saturated carbocycles. The molecule has 0 spiro atoms. The Bertz CT molecular complexity index is 687. The van der Waals surface area contributed by atoms with E-state index in [4.69, 9.17) is 18.3 Å². The Morgan fingerprint density at radius 2 is 2.00 bits per heavy atom. The Morgan fingerprint density at radius 1 is 1.27 bits per heavy atom. The van der Waals surface area contributed by atoms with Crippen molar-refractivity contribution in [2.24, 2.45) is 5.41 Å². The third-order valence-electron chi connectivity index (χ3n) is 4.53. The van der Waals surface area contributed by atoms with Crippen molar-refractivity contribution in [1.29, 1.82) is 0 Å². The molecule has 1 aliphatic rings. The van der Waals surface area contributed by atoms with Crippen LogP contribution in [0.3, 0.4) is 0 Å². The summed E-state index contributed by atoms with van der Waals surface area (Å²) in [5.41, 5.74) is 0.408. The Hall–Kier alpha value is -1.61. The molecule has 2 N–H and O–H groups in total. The van der Waals surface area contributed by atoms with Crippen LogP contribution in [0.1, 0.15) is 32.3 Å². The first-order chi connectivity index (χ1) is 14.3. The van der Waals surface area contributed by atoms with Gasteiger partial charge in [0.2, 0.25) is 0 Å². The van der Waals surface area contributed by atoms with E-state index >= 15 is 0 Å². The normalized spacial score (nSPS) is 20.9. The Labute approximate surface area is 177 Å². The van der Waals surface area contributed by atoms with Gasteiger partial charge in [0, 0.05) is 0 Å². The molecule has 0 aromatic heterocycles. The second kappa shape index (κ2) is 11.7. The Kier molecular flexibility index (Phi) is 9.61. The van der Waals surface area contributed by atoms with Crippen molar-refractivity contribution >= 4 is 20.0 Å². The zero-order valence-corrected chi connectivity index (χ0v) is 18.7. The van der Waals surface area contributed by atoms with Gasteiger partial charge in [0.05, 0.1) is 0 Å². The fourth-order valence-corrected chi connectivity index (χ4v) is 4.69. The minimum absolute atomic E-state index is 0.0487. The van der Waals surface area contributed by atoms with E-state index < -0.39 is 31.6 Å². The number of amides is 1. The van der Waals surface area contributed by atoms with E-state index in [1.54, 1.807) is 13.8 Å². The second-order valence-corrected chi connectivity index (χ2v) is 9.52. The van der Waals surface area contributed by atoms with Crippen LogP contribution in [0, 0.1) is 5.41 Å². The van der Waals surface area contributed by atoms with Crippen molar-refractivity contribution < 1.29 is 37.5 Å². The molecule has 1 fully saturated rings. The van der Waals surface area contributed by atoms with Crippen LogP contribution in [-0.4, -0.2) is 56.3 Å². The molecule has 0 radical (unpaired) electrons. The zero-order chi connectivity index (χ0) is 22.0. The predicted octanol–water partition coefficient (Wildman–Crippen LogP) is 2.13. The first-order valence-corrected chi connectivity index (χ1v) is 11.6. The molecular formula is C20H32NO8P. The molecule has 0 aliphatic carbocycles. The summed E-state index contributed by atoms with van der Waals surface area (Å²) in [5.74, 6) is -0.862. The van der Waals surface area contributed by atoms with E-state index in [1.165, 1.54) is 7.11 Å². The molecule has 1 amide bonds. The van der Waals surface area contributed by atoms with Crippen molar-refractivity contribution in [2.75, 3.05) is 33.5 Å². The third kappa shape index (κ3) is 7.91. The average Bonchev–Trinajstić information content (AvgIpc) is 2.73. The number of nitrogens with one attached hydrogen (secondary N) is 1. The summed E-state index contributed by atoms with van der Waals surface area (Å²) in [6.07, 6.45) is -0.378. The summed E-state index contributed by atoms with van der Waals surface area (Å²) in [6, 6.07) is 9.80. The van der Waals surface area contributed by atoms with Crippen LogP contribution in [0.5, 0.6) is 0 Å². The zero-order valence-electron chi connectivity index (χ0n) is 17.7. The number of rotatable bonds is 11. The summed E-state index contributed by atoms with van der Waals surface area (Å²) in [4.78, 5) is 34.3. The van der Waals surface area contributed by atoms with Crippen LogP contribution in [0.15, 0.2) is 30.3 Å². The molecule has 0 bridgehead atoms. The van der Waals surface area contributed by atoms with Crippen LogP contribution < -0.4 is 5.32 Å². The molecule has 1 atom stereocenters. The number of ether oxygens (including phenoxy) is 2. The van der Waals surface area contributed by atoms with E-state index in [2.05, 4.69) is 10.1 Å². The van der Waals surface area contributed by atoms with Crippen molar-refractivity contribution in [2.45, 2.75) is 39.4 Å². The molecule has 2 rings (SSSR count). The van der Waals surface area contributed by atoms with Crippen LogP contribution >= 0.6 is 8.17 Å². The number of hydrogen-bond acceptors (Lipinski definition) is 8. The standard InChI is InChI=1S/C20H32NO8P/c1-20(2)15-28-30(24,29-18(20)19(23)21-11-10-17(22)25-3)27-13-7-12-26-14-16-8-5-4-6-9-16/h4-6,8-9,18,24,30H,7,10-15H2,1-3H3,(H,21,23)/t18-/m0/s1. The van der Waals surface area contributed by atoms with Gasteiger partial charge >= 0.3 is 177 Å². The quantitative estimate of drug-likeness (QED) is 0.303. The monoisotopic (exact) mass is 445 g/mol. The second-order valence-electron chi connectivity index (χ2n) is 7.66. The third-order valence-corrected chi connectivity index (χ3v) is 6.14. The number of esters is 1. The fraction of sp³-hybridized carbons (Fsp3) is 0.600. The number of hydrogen-bond donors (Lipinski definition) is 2. The molecule has 1 saturated heterocycles. The molecule has 1 aromatic carbocycles. The molecule has 9 nitrogen and oxygen atoms in total. The number of methoxy groups -OCH3 is 1. The first kappa shape index (κ1) is 24.7. The van der Waals surface area contributed by atoms with Gasteiger partial charge in [0.1, 0.15) is 0 Å². The van der Waals surface area contributed by atoms with Crippen LogP contribution in [0.2, 0.25) is 0 Å². The van der Waals surface area contributed by atoms with Crippen LogP contribution in [0.25, 0.3) is 0 Å². The summed E-state index contributed by atoms with van der Waals surface area (Å²) >= 11 is 0. The maximum absolute atomic E-state index is 12.5. The molecular weight excluding hydrogens is 413 g/mol. The van der Waals surface area contributed by atoms with Crippen molar-refractivity contribution in [3.05, 3.63) is 35.9 Å². The maximum atomic E-state index is 12.5. The van der Waals surface area contributed by atoms with Crippen molar-refractivity contribution in [3.63, 3.8) is 0 Å². The summed E-state index contributed by atoms with van der Waals surface area (Å²) < 4.78 is 26.6. The Morgan fingerprint density at radius 3 is 2.70 bits per heavy atom. The SMILES string of the molecule is COC(=O)CCNC(=O)[C@@H]1O[PH](O)(OCCCOCc2ccccc2)OCC1(C)C.